The van der Waals surface area contributed by atoms with Gasteiger partial charge in [-0.2, -0.15) is 25.3 Å². The molecule has 312 valence electrons. The standard InChI is InChI=1S/C29H56N16O8S2/c30-14(4-1-9-38-27(32)33)21(47)41-15(5-2-10-39-28(34)35)22(48)42-16(6-3-11-40-29(36)37)23(49)44-18(12-54)25(51)43-17(7-8-20(31)46)24(50)45-19(13-55)26(52)53/h14-19,54-55H,1-13,30H2,(H2,31,46)(H,41,47)(H,42,48)(H,43,51)(H,44,49)(H,45,50)(H,52,53)(H4,32,33,38)(H4,34,35,39)(H4,36,37,40)/t14-,15-,16-,17-,18-,19-/m0/s1. The largest absolute Gasteiger partial charge is 0.480 e. The number of hydrogen-bond donors (Lipinski definition) is 16. The summed E-state index contributed by atoms with van der Waals surface area (Å²) in [5.74, 6) is -7.53. The summed E-state index contributed by atoms with van der Waals surface area (Å²) in [6.07, 6.45) is 0.230. The number of nitrogens with two attached hydrogens (primary N) is 8. The summed E-state index contributed by atoms with van der Waals surface area (Å²) in [6, 6.07) is -7.88. The number of carboxylic acid groups (broad SMARTS) is 1. The molecule has 0 unspecified atom stereocenters. The van der Waals surface area contributed by atoms with E-state index < -0.39 is 77.7 Å². The summed E-state index contributed by atoms with van der Waals surface area (Å²) in [5, 5.41) is 21.5. The molecule has 22 N–H and O–H groups in total. The SMILES string of the molecule is NC(=O)CC[C@H](NC(=O)[C@H](CS)NC(=O)[C@H](CCCN=C(N)N)NC(=O)[C@H](CCCN=C(N)N)NC(=O)[C@@H](N)CCCN=C(N)N)C(=O)N[C@@H](CS)C(=O)O. The zero-order valence-corrected chi connectivity index (χ0v) is 32.1. The number of nitrogens with zero attached hydrogens (tertiary/aromatic N) is 3. The molecule has 6 amide bonds. The molecule has 24 nitrogen and oxygen atoms in total. The molecule has 0 bridgehead atoms. The molecule has 0 spiro atoms. The van der Waals surface area contributed by atoms with Crippen LogP contribution >= 0.6 is 25.3 Å². The zero-order chi connectivity index (χ0) is 42.1. The van der Waals surface area contributed by atoms with E-state index in [2.05, 4.69) is 66.8 Å². The van der Waals surface area contributed by atoms with Crippen LogP contribution in [-0.2, 0) is 33.6 Å². The van der Waals surface area contributed by atoms with E-state index in [1.807, 2.05) is 0 Å². The molecular weight excluding hydrogens is 765 g/mol. The Kier molecular flexibility index (Phi) is 24.8. The predicted octanol–water partition coefficient (Wildman–Crippen LogP) is -6.89. The zero-order valence-electron chi connectivity index (χ0n) is 30.3. The van der Waals surface area contributed by atoms with Gasteiger partial charge in [-0.25, -0.2) is 4.79 Å². The number of aliphatic imine (C=N–C) groups is 3. The van der Waals surface area contributed by atoms with E-state index in [1.165, 1.54) is 0 Å². The lowest BCUT2D eigenvalue weighted by Gasteiger charge is -2.26. The van der Waals surface area contributed by atoms with Crippen LogP contribution in [0.15, 0.2) is 15.0 Å². The number of carbonyl (C=O) groups excluding carboxylic acids is 6. The Morgan fingerprint density at radius 3 is 1.18 bits per heavy atom. The van der Waals surface area contributed by atoms with Crippen molar-refractivity contribution in [3.63, 3.8) is 0 Å². The van der Waals surface area contributed by atoms with Gasteiger partial charge in [-0.15, -0.1) is 0 Å². The van der Waals surface area contributed by atoms with Gasteiger partial charge >= 0.3 is 5.97 Å². The highest BCUT2D eigenvalue weighted by Crippen LogP contribution is 2.07. The third-order valence-corrected chi connectivity index (χ3v) is 8.12. The number of guanidine groups is 3. The molecule has 0 aromatic carbocycles. The lowest BCUT2D eigenvalue weighted by atomic mass is 10.1. The second-order valence-corrected chi connectivity index (χ2v) is 12.7. The van der Waals surface area contributed by atoms with Gasteiger partial charge in [0.15, 0.2) is 17.9 Å². The van der Waals surface area contributed by atoms with E-state index in [0.717, 1.165) is 0 Å². The molecule has 0 aliphatic heterocycles. The average Bonchev–Trinajstić information content (AvgIpc) is 3.10. The summed E-state index contributed by atoms with van der Waals surface area (Å²) in [6.45, 7) is 0.389. The first-order chi connectivity index (χ1) is 25.8. The Morgan fingerprint density at radius 1 is 0.491 bits per heavy atom. The Morgan fingerprint density at radius 2 is 0.818 bits per heavy atom. The number of primary amides is 1. The fourth-order valence-corrected chi connectivity index (χ4v) is 5.00. The average molecular weight is 821 g/mol. The molecule has 0 rings (SSSR count). The van der Waals surface area contributed by atoms with E-state index in [1.54, 1.807) is 0 Å². The number of carbonyl (C=O) groups is 7. The molecule has 6 atom stereocenters. The lowest BCUT2D eigenvalue weighted by molar-refractivity contribution is -0.141. The molecule has 0 fully saturated rings. The molecule has 0 heterocycles. The maximum Gasteiger partial charge on any atom is 0.327 e. The Balaban J connectivity index is 6.19. The van der Waals surface area contributed by atoms with Crippen molar-refractivity contribution in [1.29, 1.82) is 0 Å². The van der Waals surface area contributed by atoms with E-state index >= 15 is 0 Å². The number of carboxylic acids is 1. The number of aliphatic carboxylic acids is 1. The monoisotopic (exact) mass is 820 g/mol. The second-order valence-electron chi connectivity index (χ2n) is 12.0. The Bertz CT molecular complexity index is 1390. The summed E-state index contributed by atoms with van der Waals surface area (Å²) in [4.78, 5) is 101. The molecule has 26 heteroatoms. The third-order valence-electron chi connectivity index (χ3n) is 7.39. The maximum atomic E-state index is 13.6. The van der Waals surface area contributed by atoms with Crippen molar-refractivity contribution in [2.75, 3.05) is 31.1 Å². The number of nitrogens with one attached hydrogen (secondary N) is 5. The van der Waals surface area contributed by atoms with E-state index in [4.69, 9.17) is 45.9 Å². The van der Waals surface area contributed by atoms with Crippen LogP contribution in [0, 0.1) is 0 Å². The molecule has 0 aliphatic carbocycles. The molecule has 0 aromatic rings. The minimum atomic E-state index is -1.45. The predicted molar refractivity (Wildman–Crippen MR) is 211 cm³/mol. The topological polar surface area (TPSA) is 445 Å². The first kappa shape index (κ1) is 49.8. The minimum absolute atomic E-state index is 0.0177. The maximum absolute atomic E-state index is 13.6. The lowest BCUT2D eigenvalue weighted by Crippen LogP contribution is -2.59. The van der Waals surface area contributed by atoms with Gasteiger partial charge in [-0.3, -0.25) is 43.7 Å². The molecule has 0 radical (unpaired) electrons. The molecule has 55 heavy (non-hydrogen) atoms. The summed E-state index contributed by atoms with van der Waals surface area (Å²) < 4.78 is 0. The number of thiol groups is 2. The van der Waals surface area contributed by atoms with Gasteiger partial charge in [0, 0.05) is 37.6 Å². The van der Waals surface area contributed by atoms with Crippen molar-refractivity contribution in [3.8, 4) is 0 Å². The smallest absolute Gasteiger partial charge is 0.327 e. The number of rotatable bonds is 28. The van der Waals surface area contributed by atoms with Gasteiger partial charge in [-0.05, 0) is 44.9 Å². The molecule has 0 aromatic heterocycles. The van der Waals surface area contributed by atoms with Crippen molar-refractivity contribution in [2.45, 2.75) is 87.6 Å². The van der Waals surface area contributed by atoms with Gasteiger partial charge in [-0.1, -0.05) is 0 Å². The summed E-state index contributed by atoms with van der Waals surface area (Å²) in [7, 11) is 0. The van der Waals surface area contributed by atoms with Crippen molar-refractivity contribution in [2.24, 2.45) is 60.8 Å². The van der Waals surface area contributed by atoms with E-state index in [0.29, 0.717) is 6.42 Å². The van der Waals surface area contributed by atoms with Gasteiger partial charge in [0.2, 0.25) is 35.4 Å². The van der Waals surface area contributed by atoms with Crippen LogP contribution in [0.1, 0.15) is 51.4 Å². The summed E-state index contributed by atoms with van der Waals surface area (Å²) in [5.41, 5.74) is 43.4. The van der Waals surface area contributed by atoms with Crippen LogP contribution in [-0.4, -0.2) is 132 Å². The van der Waals surface area contributed by atoms with Crippen LogP contribution in [0.25, 0.3) is 0 Å². The number of amides is 6. The molecule has 0 aliphatic rings. The highest BCUT2D eigenvalue weighted by atomic mass is 32.1. The summed E-state index contributed by atoms with van der Waals surface area (Å²) >= 11 is 8.04. The Labute approximate surface area is 328 Å². The van der Waals surface area contributed by atoms with Crippen LogP contribution < -0.4 is 72.5 Å². The van der Waals surface area contributed by atoms with Crippen LogP contribution in [0.2, 0.25) is 0 Å². The second kappa shape index (κ2) is 27.4. The number of hydrogen-bond acceptors (Lipinski definition) is 13. The normalized spacial score (nSPS) is 13.9. The minimum Gasteiger partial charge on any atom is -0.480 e. The first-order valence-corrected chi connectivity index (χ1v) is 18.3. The fourth-order valence-electron chi connectivity index (χ4n) is 4.50. The molecule has 0 saturated heterocycles. The quantitative estimate of drug-likeness (QED) is 0.0151. The van der Waals surface area contributed by atoms with Gasteiger partial charge in [0.25, 0.3) is 0 Å². The van der Waals surface area contributed by atoms with Crippen LogP contribution in [0.4, 0.5) is 0 Å². The van der Waals surface area contributed by atoms with Crippen LogP contribution in [0.5, 0.6) is 0 Å². The van der Waals surface area contributed by atoms with Crippen molar-refractivity contribution in [1.82, 2.24) is 26.6 Å². The first-order valence-electron chi connectivity index (χ1n) is 17.0. The highest BCUT2D eigenvalue weighted by Gasteiger charge is 2.32. The molecular formula is C29H56N16O8S2. The fraction of sp³-hybridized carbons (Fsp3) is 0.655. The van der Waals surface area contributed by atoms with Crippen molar-refractivity contribution in [3.05, 3.63) is 0 Å². The van der Waals surface area contributed by atoms with Crippen molar-refractivity contribution < 1.29 is 38.7 Å². The highest BCUT2D eigenvalue weighted by molar-refractivity contribution is 7.80. The Hall–Kier alpha value is -5.24. The van der Waals surface area contributed by atoms with E-state index in [9.17, 15) is 38.7 Å². The van der Waals surface area contributed by atoms with Crippen LogP contribution in [0.3, 0.4) is 0 Å². The van der Waals surface area contributed by atoms with E-state index in [-0.39, 0.29) is 94.0 Å². The van der Waals surface area contributed by atoms with Gasteiger partial charge in [0.05, 0.1) is 6.04 Å². The third kappa shape index (κ3) is 22.5. The molecule has 0 saturated carbocycles. The van der Waals surface area contributed by atoms with Gasteiger partial charge in [0.1, 0.15) is 30.2 Å². The van der Waals surface area contributed by atoms with Gasteiger partial charge < -0.3 is 77.6 Å². The van der Waals surface area contributed by atoms with Crippen molar-refractivity contribution >= 4 is 84.5 Å².